The van der Waals surface area contributed by atoms with E-state index in [1.54, 1.807) is 0 Å². The molecule has 0 saturated carbocycles. The van der Waals surface area contributed by atoms with Crippen molar-refractivity contribution in [2.45, 2.75) is 19.4 Å². The van der Waals surface area contributed by atoms with Gasteiger partial charge in [-0.25, -0.2) is 14.3 Å². The lowest BCUT2D eigenvalue weighted by Gasteiger charge is -2.19. The highest BCUT2D eigenvalue weighted by Crippen LogP contribution is 2.27. The lowest BCUT2D eigenvalue weighted by molar-refractivity contribution is 0.246. The third-order valence-electron chi connectivity index (χ3n) is 4.56. The van der Waals surface area contributed by atoms with E-state index in [-0.39, 0.29) is 6.04 Å². The van der Waals surface area contributed by atoms with E-state index in [2.05, 4.69) is 33.5 Å². The first-order valence-corrected chi connectivity index (χ1v) is 8.33. The van der Waals surface area contributed by atoms with Gasteiger partial charge in [0, 0.05) is 36.3 Å². The topological polar surface area (TPSA) is 88.5 Å². The van der Waals surface area contributed by atoms with Crippen molar-refractivity contribution in [2.75, 3.05) is 18.0 Å². The highest BCUT2D eigenvalue weighted by Gasteiger charge is 2.25. The van der Waals surface area contributed by atoms with E-state index >= 15 is 0 Å². The summed E-state index contributed by atoms with van der Waals surface area (Å²) in [6.07, 6.45) is 2.69. The van der Waals surface area contributed by atoms with Crippen LogP contribution in [0.1, 0.15) is 12.0 Å². The van der Waals surface area contributed by atoms with Crippen molar-refractivity contribution in [1.29, 1.82) is 0 Å². The number of carbonyl (C=O) groups excluding carboxylic acids is 1. The van der Waals surface area contributed by atoms with Crippen LogP contribution < -0.4 is 16.0 Å². The van der Waals surface area contributed by atoms with Gasteiger partial charge in [-0.05, 0) is 13.3 Å². The summed E-state index contributed by atoms with van der Waals surface area (Å²) in [5, 5.41) is 7.26. The molecule has 3 N–H and O–H groups in total. The number of aromatic nitrogens is 3. The second-order valence-corrected chi connectivity index (χ2v) is 6.37. The van der Waals surface area contributed by atoms with Gasteiger partial charge < -0.3 is 16.0 Å². The summed E-state index contributed by atoms with van der Waals surface area (Å²) in [6, 6.07) is 11.8. The molecule has 1 aliphatic rings. The number of rotatable bonds is 3. The van der Waals surface area contributed by atoms with Crippen molar-refractivity contribution in [3.05, 3.63) is 48.2 Å². The van der Waals surface area contributed by atoms with Crippen LogP contribution in [0.4, 0.5) is 10.6 Å². The number of urea groups is 1. The highest BCUT2D eigenvalue weighted by molar-refractivity contribution is 5.72. The molecule has 3 heterocycles. The first kappa shape index (κ1) is 15.4. The summed E-state index contributed by atoms with van der Waals surface area (Å²) in [7, 11) is 0. The lowest BCUT2D eigenvalue weighted by Crippen LogP contribution is -2.40. The van der Waals surface area contributed by atoms with Crippen LogP contribution in [-0.4, -0.2) is 39.8 Å². The Morgan fingerprint density at radius 3 is 2.88 bits per heavy atom. The fraction of sp³-hybridized carbons (Fsp3) is 0.278. The Balaban J connectivity index is 1.75. The van der Waals surface area contributed by atoms with Crippen LogP contribution in [0, 0.1) is 6.92 Å². The van der Waals surface area contributed by atoms with Gasteiger partial charge in [-0.2, -0.15) is 5.10 Å². The van der Waals surface area contributed by atoms with Crippen LogP contribution >= 0.6 is 0 Å². The van der Waals surface area contributed by atoms with Crippen molar-refractivity contribution >= 4 is 17.5 Å². The average molecular weight is 336 g/mol. The molecule has 1 aromatic carbocycles. The number of nitrogens with one attached hydrogen (secondary N) is 1. The predicted molar refractivity (Wildman–Crippen MR) is 96.5 cm³/mol. The molecule has 4 rings (SSSR count). The summed E-state index contributed by atoms with van der Waals surface area (Å²) in [5.74, 6) is 0.892. The molecule has 0 radical (unpaired) electrons. The van der Waals surface area contributed by atoms with Gasteiger partial charge >= 0.3 is 6.03 Å². The van der Waals surface area contributed by atoms with Crippen molar-refractivity contribution in [3.63, 3.8) is 0 Å². The number of carbonyl (C=O) groups is 1. The molecule has 1 aliphatic heterocycles. The standard InChI is InChI=1S/C18H20N6O/c1-12-10-20-24-15(13-5-3-2-4-6-13)9-16(22-17(12)24)23-8-7-14(11-23)21-18(19)25/h2-6,9-10,14H,7-8,11H2,1H3,(H3,19,21,25). The third-order valence-corrected chi connectivity index (χ3v) is 4.56. The maximum atomic E-state index is 11.1. The maximum Gasteiger partial charge on any atom is 0.312 e. The van der Waals surface area contributed by atoms with Crippen LogP contribution in [0.15, 0.2) is 42.6 Å². The Bertz CT molecular complexity index is 920. The second kappa shape index (κ2) is 6.08. The number of hydrogen-bond acceptors (Lipinski definition) is 4. The third kappa shape index (κ3) is 2.88. The molecule has 1 saturated heterocycles. The van der Waals surface area contributed by atoms with Crippen LogP contribution in [0.2, 0.25) is 0 Å². The lowest BCUT2D eigenvalue weighted by atomic mass is 10.1. The van der Waals surface area contributed by atoms with Gasteiger partial charge in [0.05, 0.1) is 11.9 Å². The molecule has 0 bridgehead atoms. The van der Waals surface area contributed by atoms with Crippen LogP contribution in [-0.2, 0) is 0 Å². The van der Waals surface area contributed by atoms with Crippen molar-refractivity contribution in [3.8, 4) is 11.3 Å². The molecule has 7 nitrogen and oxygen atoms in total. The molecule has 25 heavy (non-hydrogen) atoms. The van der Waals surface area contributed by atoms with E-state index in [1.165, 1.54) is 0 Å². The quantitative estimate of drug-likeness (QED) is 0.765. The Kier molecular flexibility index (Phi) is 3.76. The minimum Gasteiger partial charge on any atom is -0.354 e. The maximum absolute atomic E-state index is 11.1. The smallest absolute Gasteiger partial charge is 0.312 e. The number of nitrogens with two attached hydrogens (primary N) is 1. The summed E-state index contributed by atoms with van der Waals surface area (Å²) in [5.41, 5.74) is 9.21. The fourth-order valence-electron chi connectivity index (χ4n) is 3.32. The summed E-state index contributed by atoms with van der Waals surface area (Å²) < 4.78 is 1.88. The zero-order valence-corrected chi connectivity index (χ0v) is 14.0. The Labute approximate surface area is 145 Å². The van der Waals surface area contributed by atoms with E-state index in [4.69, 9.17) is 10.7 Å². The van der Waals surface area contributed by atoms with E-state index < -0.39 is 6.03 Å². The Morgan fingerprint density at radius 1 is 1.32 bits per heavy atom. The number of fused-ring (bicyclic) bond motifs is 1. The van der Waals surface area contributed by atoms with Crippen LogP contribution in [0.25, 0.3) is 16.9 Å². The molecular formula is C18H20N6O. The first-order chi connectivity index (χ1) is 12.1. The summed E-state index contributed by atoms with van der Waals surface area (Å²) >= 11 is 0. The molecule has 1 unspecified atom stereocenters. The number of nitrogens with zero attached hydrogens (tertiary/aromatic N) is 4. The van der Waals surface area contributed by atoms with Gasteiger partial charge in [0.25, 0.3) is 0 Å². The van der Waals surface area contributed by atoms with Gasteiger partial charge in [0.15, 0.2) is 5.65 Å². The first-order valence-electron chi connectivity index (χ1n) is 8.33. The average Bonchev–Trinajstić information content (AvgIpc) is 3.22. The van der Waals surface area contributed by atoms with E-state index in [9.17, 15) is 4.79 Å². The number of amides is 2. The number of anilines is 1. The number of primary amides is 1. The van der Waals surface area contributed by atoms with Gasteiger partial charge in [0.2, 0.25) is 0 Å². The summed E-state index contributed by atoms with van der Waals surface area (Å²) in [6.45, 7) is 3.54. The monoisotopic (exact) mass is 336 g/mol. The summed E-state index contributed by atoms with van der Waals surface area (Å²) in [4.78, 5) is 18.1. The number of aryl methyl sites for hydroxylation is 1. The zero-order valence-electron chi connectivity index (χ0n) is 14.0. The predicted octanol–water partition coefficient (Wildman–Crippen LogP) is 1.95. The molecule has 1 atom stereocenters. The zero-order chi connectivity index (χ0) is 17.4. The normalized spacial score (nSPS) is 17.2. The van der Waals surface area contributed by atoms with Crippen LogP contribution in [0.5, 0.6) is 0 Å². The largest absolute Gasteiger partial charge is 0.354 e. The fourth-order valence-corrected chi connectivity index (χ4v) is 3.32. The van der Waals surface area contributed by atoms with E-state index in [1.807, 2.05) is 35.8 Å². The molecular weight excluding hydrogens is 316 g/mol. The molecule has 3 aromatic rings. The molecule has 128 valence electrons. The SMILES string of the molecule is Cc1cnn2c(-c3ccccc3)cc(N3CCC(NC(N)=O)C3)nc12. The molecule has 2 aromatic heterocycles. The molecule has 0 spiro atoms. The van der Waals surface area contributed by atoms with Crippen LogP contribution in [0.3, 0.4) is 0 Å². The van der Waals surface area contributed by atoms with Gasteiger partial charge in [-0.15, -0.1) is 0 Å². The minimum atomic E-state index is -0.480. The molecule has 1 fully saturated rings. The van der Waals surface area contributed by atoms with Crippen molar-refractivity contribution < 1.29 is 4.79 Å². The second-order valence-electron chi connectivity index (χ2n) is 6.37. The van der Waals surface area contributed by atoms with E-state index in [0.717, 1.165) is 41.3 Å². The molecule has 2 amide bonds. The number of benzene rings is 1. The molecule has 7 heteroatoms. The van der Waals surface area contributed by atoms with Gasteiger partial charge in [0.1, 0.15) is 5.82 Å². The highest BCUT2D eigenvalue weighted by atomic mass is 16.2. The molecule has 0 aliphatic carbocycles. The Morgan fingerprint density at radius 2 is 2.12 bits per heavy atom. The van der Waals surface area contributed by atoms with Gasteiger partial charge in [-0.1, -0.05) is 30.3 Å². The van der Waals surface area contributed by atoms with E-state index in [0.29, 0.717) is 6.54 Å². The minimum absolute atomic E-state index is 0.0571. The van der Waals surface area contributed by atoms with Gasteiger partial charge in [-0.3, -0.25) is 0 Å². The van der Waals surface area contributed by atoms with Crippen molar-refractivity contribution in [2.24, 2.45) is 5.73 Å². The number of hydrogen-bond donors (Lipinski definition) is 2. The Hall–Kier alpha value is -3.09. The van der Waals surface area contributed by atoms with Crippen molar-refractivity contribution in [1.82, 2.24) is 19.9 Å².